The first-order valence-electron chi connectivity index (χ1n) is 10.6. The molecule has 1 saturated heterocycles. The van der Waals surface area contributed by atoms with E-state index in [4.69, 9.17) is 9.47 Å². The van der Waals surface area contributed by atoms with Crippen molar-refractivity contribution in [1.82, 2.24) is 5.32 Å². The Morgan fingerprint density at radius 2 is 1.74 bits per heavy atom. The van der Waals surface area contributed by atoms with E-state index in [1.54, 1.807) is 21.1 Å². The van der Waals surface area contributed by atoms with Crippen LogP contribution in [0.15, 0.2) is 42.5 Å². The number of carbonyl (C=O) groups excluding carboxylic acids is 2. The lowest BCUT2D eigenvalue weighted by atomic mass is 10.1. The SMILES string of the molecule is COc1ccc(OC)c([C@@H](C)NC(=O)C[NH+]2CCN(c3ccc(C(C)=O)cc3)CC2)c1. The predicted octanol–water partition coefficient (Wildman–Crippen LogP) is 1.49. The van der Waals surface area contributed by atoms with Gasteiger partial charge in [0.1, 0.15) is 11.5 Å². The minimum absolute atomic E-state index is 0.0200. The van der Waals surface area contributed by atoms with E-state index in [1.807, 2.05) is 49.4 Å². The van der Waals surface area contributed by atoms with Crippen molar-refractivity contribution in [2.24, 2.45) is 0 Å². The van der Waals surface area contributed by atoms with Gasteiger partial charge in [-0.1, -0.05) is 0 Å². The molecule has 2 aromatic rings. The van der Waals surface area contributed by atoms with Gasteiger partial charge in [0.2, 0.25) is 0 Å². The first kappa shape index (κ1) is 22.6. The summed E-state index contributed by atoms with van der Waals surface area (Å²) < 4.78 is 10.7. The van der Waals surface area contributed by atoms with Crippen LogP contribution in [0.3, 0.4) is 0 Å². The summed E-state index contributed by atoms with van der Waals surface area (Å²) >= 11 is 0. The van der Waals surface area contributed by atoms with E-state index in [9.17, 15) is 9.59 Å². The maximum Gasteiger partial charge on any atom is 0.275 e. The number of carbonyl (C=O) groups is 2. The average molecular weight is 427 g/mol. The topological polar surface area (TPSA) is 72.3 Å². The number of anilines is 1. The molecule has 1 aliphatic heterocycles. The van der Waals surface area contributed by atoms with Crippen LogP contribution in [-0.4, -0.2) is 58.6 Å². The number of ketones is 1. The molecule has 0 spiro atoms. The third-order valence-corrected chi connectivity index (χ3v) is 5.80. The number of hydrogen-bond acceptors (Lipinski definition) is 5. The standard InChI is InChI=1S/C24H31N3O4/c1-17(22-15-21(30-3)9-10-23(22)31-4)25-24(29)16-26-11-13-27(14-12-26)20-7-5-19(6-8-20)18(2)28/h5-10,15,17H,11-14,16H2,1-4H3,(H,25,29)/p+1/t17-/m1/s1. The van der Waals surface area contributed by atoms with Crippen molar-refractivity contribution in [3.05, 3.63) is 53.6 Å². The molecule has 0 aliphatic carbocycles. The van der Waals surface area contributed by atoms with Gasteiger partial charge >= 0.3 is 0 Å². The van der Waals surface area contributed by atoms with Crippen LogP contribution in [0, 0.1) is 0 Å². The molecule has 1 heterocycles. The Morgan fingerprint density at radius 1 is 1.06 bits per heavy atom. The monoisotopic (exact) mass is 426 g/mol. The molecule has 31 heavy (non-hydrogen) atoms. The second-order valence-electron chi connectivity index (χ2n) is 7.91. The number of methoxy groups -OCH3 is 2. The second kappa shape index (κ2) is 10.3. The van der Waals surface area contributed by atoms with Crippen LogP contribution in [0.5, 0.6) is 11.5 Å². The summed E-state index contributed by atoms with van der Waals surface area (Å²) in [4.78, 5) is 27.7. The van der Waals surface area contributed by atoms with Crippen LogP contribution in [0.1, 0.15) is 35.8 Å². The maximum atomic E-state index is 12.7. The molecule has 7 nitrogen and oxygen atoms in total. The summed E-state index contributed by atoms with van der Waals surface area (Å²) in [5.74, 6) is 1.56. The molecule has 1 fully saturated rings. The molecule has 0 radical (unpaired) electrons. The summed E-state index contributed by atoms with van der Waals surface area (Å²) in [6.07, 6.45) is 0. The highest BCUT2D eigenvalue weighted by Gasteiger charge is 2.24. The molecule has 3 rings (SSSR count). The number of rotatable bonds is 8. The lowest BCUT2D eigenvalue weighted by molar-refractivity contribution is -0.892. The van der Waals surface area contributed by atoms with E-state index >= 15 is 0 Å². The Bertz CT molecular complexity index is 906. The Kier molecular flexibility index (Phi) is 7.52. The van der Waals surface area contributed by atoms with Crippen LogP contribution in [0.2, 0.25) is 0 Å². The summed E-state index contributed by atoms with van der Waals surface area (Å²) in [6, 6.07) is 13.1. The van der Waals surface area contributed by atoms with Gasteiger partial charge in [0.15, 0.2) is 12.3 Å². The van der Waals surface area contributed by atoms with Gasteiger partial charge in [-0.15, -0.1) is 0 Å². The number of amides is 1. The molecule has 0 bridgehead atoms. The smallest absolute Gasteiger partial charge is 0.275 e. The molecule has 2 aromatic carbocycles. The molecular formula is C24H32N3O4+. The van der Waals surface area contributed by atoms with Crippen molar-refractivity contribution >= 4 is 17.4 Å². The van der Waals surface area contributed by atoms with E-state index in [0.29, 0.717) is 6.54 Å². The van der Waals surface area contributed by atoms with Crippen molar-refractivity contribution in [3.63, 3.8) is 0 Å². The maximum absolute atomic E-state index is 12.7. The highest BCUT2D eigenvalue weighted by Crippen LogP contribution is 2.29. The zero-order valence-corrected chi connectivity index (χ0v) is 18.7. The molecule has 0 unspecified atom stereocenters. The van der Waals surface area contributed by atoms with Crippen LogP contribution in [-0.2, 0) is 4.79 Å². The highest BCUT2D eigenvalue weighted by atomic mass is 16.5. The molecule has 0 saturated carbocycles. The summed E-state index contributed by atoms with van der Waals surface area (Å²) in [7, 11) is 3.24. The summed E-state index contributed by atoms with van der Waals surface area (Å²) in [6.45, 7) is 7.49. The highest BCUT2D eigenvalue weighted by molar-refractivity contribution is 5.94. The van der Waals surface area contributed by atoms with Gasteiger partial charge in [-0.3, -0.25) is 9.59 Å². The Balaban J connectivity index is 1.51. The molecule has 1 atom stereocenters. The number of nitrogens with zero attached hydrogens (tertiary/aromatic N) is 1. The number of hydrogen-bond donors (Lipinski definition) is 2. The van der Waals surface area contributed by atoms with E-state index < -0.39 is 0 Å². The van der Waals surface area contributed by atoms with Gasteiger partial charge in [0, 0.05) is 16.8 Å². The largest absolute Gasteiger partial charge is 0.497 e. The minimum atomic E-state index is -0.182. The number of Topliss-reactive ketones (excluding diaryl/α,β-unsaturated/α-hetero) is 1. The van der Waals surface area contributed by atoms with Gasteiger partial charge in [-0.2, -0.15) is 0 Å². The molecule has 166 valence electrons. The van der Waals surface area contributed by atoms with Crippen LogP contribution in [0.25, 0.3) is 0 Å². The fourth-order valence-corrected chi connectivity index (χ4v) is 3.94. The first-order valence-corrected chi connectivity index (χ1v) is 10.6. The van der Waals surface area contributed by atoms with Crippen molar-refractivity contribution in [1.29, 1.82) is 0 Å². The van der Waals surface area contributed by atoms with E-state index in [-0.39, 0.29) is 17.7 Å². The number of piperazine rings is 1. The first-order chi connectivity index (χ1) is 14.9. The van der Waals surface area contributed by atoms with Crippen molar-refractivity contribution in [2.45, 2.75) is 19.9 Å². The zero-order chi connectivity index (χ0) is 22.4. The Morgan fingerprint density at radius 3 is 2.32 bits per heavy atom. The van der Waals surface area contributed by atoms with Crippen LogP contribution >= 0.6 is 0 Å². The second-order valence-corrected chi connectivity index (χ2v) is 7.91. The van der Waals surface area contributed by atoms with Gasteiger partial charge < -0.3 is 24.6 Å². The van der Waals surface area contributed by atoms with E-state index in [0.717, 1.165) is 54.5 Å². The van der Waals surface area contributed by atoms with E-state index in [2.05, 4.69) is 10.2 Å². The number of ether oxygens (including phenoxy) is 2. The number of nitrogens with one attached hydrogen (secondary N) is 2. The van der Waals surface area contributed by atoms with Crippen LogP contribution in [0.4, 0.5) is 5.69 Å². The number of benzene rings is 2. The lowest BCUT2D eigenvalue weighted by Gasteiger charge is -2.33. The van der Waals surface area contributed by atoms with Gasteiger partial charge in [-0.25, -0.2) is 0 Å². The third-order valence-electron chi connectivity index (χ3n) is 5.80. The van der Waals surface area contributed by atoms with Gasteiger partial charge in [-0.05, 0) is 56.3 Å². The molecular weight excluding hydrogens is 394 g/mol. The zero-order valence-electron chi connectivity index (χ0n) is 18.7. The molecule has 0 aromatic heterocycles. The average Bonchev–Trinajstić information content (AvgIpc) is 2.79. The Labute approximate surface area is 183 Å². The van der Waals surface area contributed by atoms with Crippen molar-refractivity contribution < 1.29 is 24.0 Å². The van der Waals surface area contributed by atoms with E-state index in [1.165, 1.54) is 4.90 Å². The summed E-state index contributed by atoms with van der Waals surface area (Å²) in [5.41, 5.74) is 2.74. The fraction of sp³-hybridized carbons (Fsp3) is 0.417. The van der Waals surface area contributed by atoms with Gasteiger partial charge in [0.25, 0.3) is 5.91 Å². The lowest BCUT2D eigenvalue weighted by Crippen LogP contribution is -3.15. The quantitative estimate of drug-likeness (QED) is 0.626. The molecule has 7 heteroatoms. The number of quaternary nitrogens is 1. The summed E-state index contributed by atoms with van der Waals surface area (Å²) in [5, 5.41) is 3.09. The van der Waals surface area contributed by atoms with Crippen molar-refractivity contribution in [3.8, 4) is 11.5 Å². The predicted molar refractivity (Wildman–Crippen MR) is 120 cm³/mol. The Hall–Kier alpha value is -3.06. The molecule has 1 aliphatic rings. The minimum Gasteiger partial charge on any atom is -0.497 e. The van der Waals surface area contributed by atoms with Crippen LogP contribution < -0.4 is 24.6 Å². The normalized spacial score (nSPS) is 15.3. The molecule has 2 N–H and O–H groups in total. The third kappa shape index (κ3) is 5.76. The van der Waals surface area contributed by atoms with Crippen molar-refractivity contribution in [2.75, 3.05) is 51.8 Å². The van der Waals surface area contributed by atoms with Gasteiger partial charge in [0.05, 0.1) is 46.4 Å². The fourth-order valence-electron chi connectivity index (χ4n) is 3.94. The molecule has 1 amide bonds.